The summed E-state index contributed by atoms with van der Waals surface area (Å²) in [5.74, 6) is 1.74. The highest BCUT2D eigenvalue weighted by atomic mass is 15.5. The van der Waals surface area contributed by atoms with E-state index in [0.29, 0.717) is 17.9 Å². The number of hydrogen-bond acceptors (Lipinski definition) is 5. The van der Waals surface area contributed by atoms with E-state index in [1.54, 1.807) is 0 Å². The summed E-state index contributed by atoms with van der Waals surface area (Å²) in [5, 5.41) is 9.43. The molecule has 0 amide bonds. The maximum Gasteiger partial charge on any atom is 0.0890 e. The number of nitrogens with two attached hydrogens (primary N) is 1. The molecule has 4 N–H and O–H groups in total. The van der Waals surface area contributed by atoms with E-state index >= 15 is 0 Å². The highest BCUT2D eigenvalue weighted by molar-refractivity contribution is 5.21. The summed E-state index contributed by atoms with van der Waals surface area (Å²) in [6.45, 7) is 0.817. The van der Waals surface area contributed by atoms with Gasteiger partial charge in [0.1, 0.15) is 0 Å². The number of nitrogens with zero attached hydrogens (tertiary/aromatic N) is 3. The number of hydrogen-bond donors (Lipinski definition) is 3. The van der Waals surface area contributed by atoms with Gasteiger partial charge in [0.25, 0.3) is 0 Å². The van der Waals surface area contributed by atoms with Gasteiger partial charge in [-0.25, -0.2) is 10.1 Å². The van der Waals surface area contributed by atoms with E-state index in [1.807, 2.05) is 0 Å². The van der Waals surface area contributed by atoms with Gasteiger partial charge in [-0.1, -0.05) is 67.6 Å². The minimum absolute atomic E-state index is 0.0453. The molecule has 5 rings (SSSR count). The first-order valence-corrected chi connectivity index (χ1v) is 11.5. The van der Waals surface area contributed by atoms with Gasteiger partial charge < -0.3 is 5.73 Å². The Hall–Kier alpha value is -1.76. The van der Waals surface area contributed by atoms with Crippen LogP contribution in [0.25, 0.3) is 0 Å². The van der Waals surface area contributed by atoms with Gasteiger partial charge >= 0.3 is 0 Å². The van der Waals surface area contributed by atoms with Crippen molar-refractivity contribution in [2.45, 2.75) is 82.5 Å². The lowest BCUT2D eigenvalue weighted by Gasteiger charge is -2.32. The molecule has 6 nitrogen and oxygen atoms in total. The van der Waals surface area contributed by atoms with Gasteiger partial charge in [0.2, 0.25) is 0 Å². The van der Waals surface area contributed by atoms with Crippen molar-refractivity contribution in [3.63, 3.8) is 0 Å². The normalized spacial score (nSPS) is 30.4. The average molecular weight is 395 g/mol. The Morgan fingerprint density at radius 1 is 1.00 bits per heavy atom. The molecule has 1 aliphatic heterocycles. The first kappa shape index (κ1) is 19.2. The fourth-order valence-corrected chi connectivity index (χ4v) is 5.76. The standard InChI is InChI=1S/C23H34N6/c24-23-19-14-18(11-12-20(19)25-27-23)22-21(13-16-7-3-1-4-8-16)29(28-26-22)15-17-9-5-2-6-10-17/h2,5-6,9-10,16,18-20,23,25,27H,1,3-4,7-8,11-15,24H2. The Morgan fingerprint density at radius 2 is 1.83 bits per heavy atom. The molecule has 0 spiro atoms. The molecule has 2 aromatic rings. The minimum atomic E-state index is 0.0453. The fourth-order valence-electron chi connectivity index (χ4n) is 5.76. The fraction of sp³-hybridized carbons (Fsp3) is 0.652. The van der Waals surface area contributed by atoms with Crippen LogP contribution in [0.3, 0.4) is 0 Å². The molecule has 0 radical (unpaired) electrons. The Bertz CT molecular complexity index is 797. The molecule has 0 bridgehead atoms. The second kappa shape index (κ2) is 8.54. The van der Waals surface area contributed by atoms with Gasteiger partial charge in [-0.3, -0.25) is 5.43 Å². The molecule has 1 aromatic heterocycles. The molecule has 3 aliphatic rings. The van der Waals surface area contributed by atoms with Gasteiger partial charge in [0.15, 0.2) is 0 Å². The molecule has 1 saturated heterocycles. The highest BCUT2D eigenvalue weighted by Crippen LogP contribution is 2.40. The van der Waals surface area contributed by atoms with Crippen molar-refractivity contribution in [3.8, 4) is 0 Å². The van der Waals surface area contributed by atoms with Crippen molar-refractivity contribution in [2.75, 3.05) is 0 Å². The van der Waals surface area contributed by atoms with E-state index in [0.717, 1.165) is 31.7 Å². The molecule has 2 aliphatic carbocycles. The third kappa shape index (κ3) is 4.11. The SMILES string of the molecule is NC1NNC2CCC(c3nnn(Cc4ccccc4)c3CC3CCCCC3)CC12. The number of hydrazine groups is 1. The second-order valence-corrected chi connectivity index (χ2v) is 9.37. The van der Waals surface area contributed by atoms with Crippen LogP contribution in [0.4, 0.5) is 0 Å². The van der Waals surface area contributed by atoms with Gasteiger partial charge in [0.05, 0.1) is 24.1 Å². The van der Waals surface area contributed by atoms with Crippen LogP contribution in [-0.2, 0) is 13.0 Å². The topological polar surface area (TPSA) is 80.8 Å². The molecule has 2 saturated carbocycles. The molecule has 4 atom stereocenters. The molecule has 2 heterocycles. The third-order valence-electron chi connectivity index (χ3n) is 7.43. The number of benzene rings is 1. The molecule has 1 aromatic carbocycles. The zero-order valence-corrected chi connectivity index (χ0v) is 17.3. The van der Waals surface area contributed by atoms with Crippen LogP contribution in [-0.4, -0.2) is 27.2 Å². The van der Waals surface area contributed by atoms with Crippen molar-refractivity contribution in [2.24, 2.45) is 17.6 Å². The Morgan fingerprint density at radius 3 is 2.66 bits per heavy atom. The molecule has 6 heteroatoms. The number of aromatic nitrogens is 3. The summed E-state index contributed by atoms with van der Waals surface area (Å²) < 4.78 is 2.19. The number of fused-ring (bicyclic) bond motifs is 1. The molecule has 29 heavy (non-hydrogen) atoms. The van der Waals surface area contributed by atoms with E-state index < -0.39 is 0 Å². The third-order valence-corrected chi connectivity index (χ3v) is 7.43. The predicted molar refractivity (Wildman–Crippen MR) is 114 cm³/mol. The van der Waals surface area contributed by atoms with Crippen molar-refractivity contribution in [1.82, 2.24) is 25.8 Å². The number of nitrogens with one attached hydrogen (secondary N) is 2. The first-order valence-electron chi connectivity index (χ1n) is 11.5. The smallest absolute Gasteiger partial charge is 0.0890 e. The summed E-state index contributed by atoms with van der Waals surface area (Å²) in [6.07, 6.45) is 11.5. The Balaban J connectivity index is 1.41. The lowest BCUT2D eigenvalue weighted by Crippen LogP contribution is -2.39. The Labute approximate surface area is 173 Å². The monoisotopic (exact) mass is 394 g/mol. The summed E-state index contributed by atoms with van der Waals surface area (Å²) in [5.41, 5.74) is 16.9. The zero-order chi connectivity index (χ0) is 19.6. The lowest BCUT2D eigenvalue weighted by molar-refractivity contribution is 0.273. The van der Waals surface area contributed by atoms with E-state index in [2.05, 4.69) is 51.1 Å². The average Bonchev–Trinajstić information content (AvgIpc) is 3.33. The largest absolute Gasteiger partial charge is 0.315 e. The van der Waals surface area contributed by atoms with E-state index in [9.17, 15) is 0 Å². The zero-order valence-electron chi connectivity index (χ0n) is 17.3. The number of rotatable bonds is 5. The van der Waals surface area contributed by atoms with Gasteiger partial charge in [-0.05, 0) is 37.2 Å². The van der Waals surface area contributed by atoms with Crippen LogP contribution in [0.2, 0.25) is 0 Å². The molecular formula is C23H34N6. The lowest BCUT2D eigenvalue weighted by atomic mass is 9.75. The summed E-state index contributed by atoms with van der Waals surface area (Å²) in [7, 11) is 0. The van der Waals surface area contributed by atoms with Crippen molar-refractivity contribution in [3.05, 3.63) is 47.3 Å². The summed E-state index contributed by atoms with van der Waals surface area (Å²) in [4.78, 5) is 0. The van der Waals surface area contributed by atoms with Crippen molar-refractivity contribution >= 4 is 0 Å². The van der Waals surface area contributed by atoms with E-state index in [4.69, 9.17) is 10.8 Å². The van der Waals surface area contributed by atoms with Crippen LogP contribution >= 0.6 is 0 Å². The van der Waals surface area contributed by atoms with Gasteiger partial charge in [-0.15, -0.1) is 5.10 Å². The molecule has 4 unspecified atom stereocenters. The van der Waals surface area contributed by atoms with Crippen LogP contribution in [0.1, 0.15) is 74.2 Å². The van der Waals surface area contributed by atoms with Crippen molar-refractivity contribution in [1.29, 1.82) is 0 Å². The molecule has 3 fully saturated rings. The summed E-state index contributed by atoms with van der Waals surface area (Å²) in [6, 6.07) is 11.2. The molecular weight excluding hydrogens is 360 g/mol. The van der Waals surface area contributed by atoms with Crippen molar-refractivity contribution < 1.29 is 0 Å². The van der Waals surface area contributed by atoms with Gasteiger partial charge in [0, 0.05) is 17.9 Å². The quantitative estimate of drug-likeness (QED) is 0.726. The van der Waals surface area contributed by atoms with E-state index in [1.165, 1.54) is 55.5 Å². The van der Waals surface area contributed by atoms with Gasteiger partial charge in [-0.2, -0.15) is 0 Å². The minimum Gasteiger partial charge on any atom is -0.315 e. The summed E-state index contributed by atoms with van der Waals surface area (Å²) >= 11 is 0. The maximum atomic E-state index is 6.31. The van der Waals surface area contributed by atoms with Crippen LogP contribution in [0, 0.1) is 11.8 Å². The molecule has 156 valence electrons. The van der Waals surface area contributed by atoms with Crippen LogP contribution in [0.15, 0.2) is 30.3 Å². The highest BCUT2D eigenvalue weighted by Gasteiger charge is 2.40. The first-order chi connectivity index (χ1) is 14.3. The van der Waals surface area contributed by atoms with Crippen LogP contribution < -0.4 is 16.6 Å². The predicted octanol–water partition coefficient (Wildman–Crippen LogP) is 3.09. The van der Waals surface area contributed by atoms with Crippen LogP contribution in [0.5, 0.6) is 0 Å². The maximum absolute atomic E-state index is 6.31. The second-order valence-electron chi connectivity index (χ2n) is 9.37. The Kier molecular flexibility index (Phi) is 5.66. The van der Waals surface area contributed by atoms with E-state index in [-0.39, 0.29) is 6.17 Å².